The summed E-state index contributed by atoms with van der Waals surface area (Å²) in [5, 5.41) is 11.2. The second-order valence-corrected chi connectivity index (χ2v) is 5.40. The predicted molar refractivity (Wildman–Crippen MR) is 54.3 cm³/mol. The molecule has 1 heterocycles. The summed E-state index contributed by atoms with van der Waals surface area (Å²) in [6.07, 6.45) is 0.945. The van der Waals surface area contributed by atoms with Crippen molar-refractivity contribution in [1.29, 1.82) is 0 Å². The van der Waals surface area contributed by atoms with Crippen LogP contribution in [0.2, 0.25) is 0 Å². The number of aliphatic hydroxyl groups is 1. The SMILES string of the molecule is CNC(N)(O)N1CCCC(S(=O)(=O)O)C1. The minimum atomic E-state index is -4.06. The molecule has 0 saturated carbocycles. The van der Waals surface area contributed by atoms with Crippen molar-refractivity contribution >= 4 is 10.1 Å². The van der Waals surface area contributed by atoms with Crippen molar-refractivity contribution in [1.82, 2.24) is 10.2 Å². The monoisotopic (exact) mass is 239 g/mol. The molecule has 2 unspecified atom stereocenters. The molecule has 2 atom stereocenters. The van der Waals surface area contributed by atoms with Crippen molar-refractivity contribution < 1.29 is 18.1 Å². The van der Waals surface area contributed by atoms with Crippen LogP contribution in [0.3, 0.4) is 0 Å². The highest BCUT2D eigenvalue weighted by Gasteiger charge is 2.36. The number of rotatable bonds is 3. The zero-order valence-electron chi connectivity index (χ0n) is 8.55. The Kier molecular flexibility index (Phi) is 3.69. The molecule has 0 spiro atoms. The Bertz CT molecular complexity index is 316. The van der Waals surface area contributed by atoms with E-state index in [1.54, 1.807) is 0 Å². The fourth-order valence-electron chi connectivity index (χ4n) is 1.65. The van der Waals surface area contributed by atoms with Gasteiger partial charge in [-0.15, -0.1) is 0 Å². The van der Waals surface area contributed by atoms with E-state index in [1.807, 2.05) is 0 Å². The molecule has 0 aromatic carbocycles. The van der Waals surface area contributed by atoms with Crippen molar-refractivity contribution in [2.45, 2.75) is 24.1 Å². The van der Waals surface area contributed by atoms with E-state index < -0.39 is 21.3 Å². The van der Waals surface area contributed by atoms with Crippen molar-refractivity contribution in [3.8, 4) is 0 Å². The van der Waals surface area contributed by atoms with Crippen LogP contribution >= 0.6 is 0 Å². The summed E-state index contributed by atoms with van der Waals surface area (Å²) < 4.78 is 30.8. The number of nitrogens with two attached hydrogens (primary N) is 1. The highest BCUT2D eigenvalue weighted by atomic mass is 32.2. The van der Waals surface area contributed by atoms with Crippen LogP contribution in [-0.2, 0) is 10.1 Å². The molecular formula is C7H17N3O4S. The van der Waals surface area contributed by atoms with Gasteiger partial charge in [-0.05, 0) is 19.9 Å². The van der Waals surface area contributed by atoms with E-state index in [4.69, 9.17) is 10.3 Å². The zero-order chi connectivity index (χ0) is 11.7. The third kappa shape index (κ3) is 3.10. The van der Waals surface area contributed by atoms with Gasteiger partial charge in [-0.3, -0.25) is 15.6 Å². The summed E-state index contributed by atoms with van der Waals surface area (Å²) in [5.74, 6) is -1.73. The summed E-state index contributed by atoms with van der Waals surface area (Å²) in [6.45, 7) is 0.506. The summed E-state index contributed by atoms with van der Waals surface area (Å²) in [7, 11) is -2.59. The van der Waals surface area contributed by atoms with Gasteiger partial charge in [-0.1, -0.05) is 0 Å². The third-order valence-electron chi connectivity index (χ3n) is 2.65. The maximum Gasteiger partial charge on any atom is 0.269 e. The lowest BCUT2D eigenvalue weighted by Crippen LogP contribution is -2.67. The maximum atomic E-state index is 10.9. The van der Waals surface area contributed by atoms with Crippen LogP contribution in [0.5, 0.6) is 0 Å². The number of nitrogens with zero attached hydrogens (tertiary/aromatic N) is 1. The van der Waals surface area contributed by atoms with Gasteiger partial charge in [0, 0.05) is 13.1 Å². The first-order valence-corrected chi connectivity index (χ1v) is 6.19. The first-order valence-electron chi connectivity index (χ1n) is 4.69. The van der Waals surface area contributed by atoms with Gasteiger partial charge in [0.15, 0.2) is 0 Å². The highest BCUT2D eigenvalue weighted by molar-refractivity contribution is 7.86. The minimum Gasteiger partial charge on any atom is -0.351 e. The normalized spacial score (nSPS) is 28.7. The molecule has 90 valence electrons. The van der Waals surface area contributed by atoms with E-state index in [-0.39, 0.29) is 6.54 Å². The van der Waals surface area contributed by atoms with Crippen LogP contribution in [0.4, 0.5) is 0 Å². The molecule has 0 aromatic rings. The zero-order valence-corrected chi connectivity index (χ0v) is 9.37. The van der Waals surface area contributed by atoms with Crippen LogP contribution in [0, 0.1) is 0 Å². The quantitative estimate of drug-likeness (QED) is 0.336. The molecule has 0 aliphatic carbocycles. The lowest BCUT2D eigenvalue weighted by atomic mass is 10.1. The van der Waals surface area contributed by atoms with Gasteiger partial charge in [0.2, 0.25) is 5.97 Å². The lowest BCUT2D eigenvalue weighted by molar-refractivity contribution is -0.131. The molecule has 7 nitrogen and oxygen atoms in total. The van der Waals surface area contributed by atoms with E-state index in [0.717, 1.165) is 0 Å². The molecule has 15 heavy (non-hydrogen) atoms. The Morgan fingerprint density at radius 2 is 2.20 bits per heavy atom. The second-order valence-electron chi connectivity index (χ2n) is 3.70. The van der Waals surface area contributed by atoms with Crippen LogP contribution in [0.25, 0.3) is 0 Å². The Labute approximate surface area is 89.0 Å². The summed E-state index contributed by atoms with van der Waals surface area (Å²) >= 11 is 0. The number of hydrogen-bond donors (Lipinski definition) is 4. The highest BCUT2D eigenvalue weighted by Crippen LogP contribution is 2.18. The Hall–Kier alpha value is -0.250. The molecule has 8 heteroatoms. The minimum absolute atomic E-state index is 0.0205. The smallest absolute Gasteiger partial charge is 0.269 e. The van der Waals surface area contributed by atoms with Gasteiger partial charge in [0.1, 0.15) is 0 Å². The molecule has 0 amide bonds. The van der Waals surface area contributed by atoms with Crippen molar-refractivity contribution in [2.75, 3.05) is 20.1 Å². The van der Waals surface area contributed by atoms with Gasteiger partial charge in [0.25, 0.3) is 10.1 Å². The van der Waals surface area contributed by atoms with Gasteiger partial charge in [-0.25, -0.2) is 4.90 Å². The van der Waals surface area contributed by atoms with Gasteiger partial charge in [-0.2, -0.15) is 8.42 Å². The van der Waals surface area contributed by atoms with Crippen molar-refractivity contribution in [2.24, 2.45) is 5.73 Å². The lowest BCUT2D eigenvalue weighted by Gasteiger charge is -2.40. The largest absolute Gasteiger partial charge is 0.351 e. The molecule has 0 bridgehead atoms. The Morgan fingerprint density at radius 1 is 1.60 bits per heavy atom. The van der Waals surface area contributed by atoms with Crippen LogP contribution in [-0.4, -0.2) is 54.3 Å². The molecule has 1 rings (SSSR count). The fraction of sp³-hybridized carbons (Fsp3) is 1.00. The van der Waals surface area contributed by atoms with Crippen LogP contribution < -0.4 is 11.1 Å². The average molecular weight is 239 g/mol. The Morgan fingerprint density at radius 3 is 2.67 bits per heavy atom. The molecule has 0 aromatic heterocycles. The number of nitrogens with one attached hydrogen (secondary N) is 1. The first-order chi connectivity index (χ1) is 6.77. The van der Waals surface area contributed by atoms with E-state index >= 15 is 0 Å². The molecule has 1 saturated heterocycles. The van der Waals surface area contributed by atoms with E-state index in [1.165, 1.54) is 11.9 Å². The topological polar surface area (TPSA) is 116 Å². The summed E-state index contributed by atoms with van der Waals surface area (Å²) in [6, 6.07) is 0. The van der Waals surface area contributed by atoms with E-state index in [0.29, 0.717) is 19.4 Å². The van der Waals surface area contributed by atoms with Gasteiger partial charge in [0.05, 0.1) is 5.25 Å². The van der Waals surface area contributed by atoms with Crippen molar-refractivity contribution in [3.63, 3.8) is 0 Å². The van der Waals surface area contributed by atoms with Gasteiger partial charge >= 0.3 is 0 Å². The number of piperidine rings is 1. The third-order valence-corrected chi connectivity index (χ3v) is 3.88. The molecule has 1 fully saturated rings. The van der Waals surface area contributed by atoms with Gasteiger partial charge < -0.3 is 5.11 Å². The predicted octanol–water partition coefficient (Wildman–Crippen LogP) is -1.88. The average Bonchev–Trinajstić information content (AvgIpc) is 2.17. The molecule has 0 radical (unpaired) electrons. The number of hydrogen-bond acceptors (Lipinski definition) is 6. The van der Waals surface area contributed by atoms with Crippen LogP contribution in [0.1, 0.15) is 12.8 Å². The fourth-order valence-corrected chi connectivity index (χ4v) is 2.48. The van der Waals surface area contributed by atoms with E-state index in [2.05, 4.69) is 5.32 Å². The summed E-state index contributed by atoms with van der Waals surface area (Å²) in [4.78, 5) is 1.38. The van der Waals surface area contributed by atoms with Crippen molar-refractivity contribution in [3.05, 3.63) is 0 Å². The molecular weight excluding hydrogens is 222 g/mol. The number of likely N-dealkylation sites (tertiary alicyclic amines) is 1. The maximum absolute atomic E-state index is 10.9. The second kappa shape index (κ2) is 4.32. The Balaban J connectivity index is 2.73. The first kappa shape index (κ1) is 12.8. The standard InChI is InChI=1S/C7H17N3O4S/c1-9-7(8,11)10-4-2-3-6(5-10)15(12,13)14/h6,9,11H,2-5,8H2,1H3,(H,12,13,14). The summed E-state index contributed by atoms with van der Waals surface area (Å²) in [5.41, 5.74) is 5.49. The molecule has 5 N–H and O–H groups in total. The molecule has 1 aliphatic heterocycles. The van der Waals surface area contributed by atoms with Crippen LogP contribution in [0.15, 0.2) is 0 Å². The molecule has 1 aliphatic rings. The van der Waals surface area contributed by atoms with E-state index in [9.17, 15) is 13.5 Å².